The van der Waals surface area contributed by atoms with Crippen molar-refractivity contribution in [3.8, 4) is 0 Å². The van der Waals surface area contributed by atoms with Crippen molar-refractivity contribution in [2.75, 3.05) is 10.6 Å². The summed E-state index contributed by atoms with van der Waals surface area (Å²) in [5, 5.41) is 6.27. The van der Waals surface area contributed by atoms with E-state index in [2.05, 4.69) is 10.6 Å². The molecule has 2 aromatic carbocycles. The lowest BCUT2D eigenvalue weighted by molar-refractivity contribution is -0.160. The molecule has 0 saturated heterocycles. The third kappa shape index (κ3) is 2.73. The lowest BCUT2D eigenvalue weighted by Gasteiger charge is -2.25. The minimum Gasteiger partial charge on any atom is -0.390 e. The predicted octanol–water partition coefficient (Wildman–Crippen LogP) is 2.52. The van der Waals surface area contributed by atoms with Gasteiger partial charge in [-0.15, -0.1) is 0 Å². The Hall–Kier alpha value is -2.82. The molecule has 0 radical (unpaired) electrons. The van der Waals surface area contributed by atoms with Crippen LogP contribution in [-0.2, 0) is 27.2 Å². The second-order valence-electron chi connectivity index (χ2n) is 6.19. The van der Waals surface area contributed by atoms with Gasteiger partial charge in [-0.05, 0) is 36.1 Å². The summed E-state index contributed by atoms with van der Waals surface area (Å²) in [7, 11) is 0. The van der Waals surface area contributed by atoms with Gasteiger partial charge in [0.15, 0.2) is 0 Å². The highest BCUT2D eigenvalue weighted by molar-refractivity contribution is 5.94. The molecule has 2 heterocycles. The monoisotopic (exact) mass is 322 g/mol. The van der Waals surface area contributed by atoms with Crippen LogP contribution in [0.15, 0.2) is 48.5 Å². The van der Waals surface area contributed by atoms with Gasteiger partial charge in [-0.2, -0.15) is 0 Å². The quantitative estimate of drug-likeness (QED) is 0.657. The van der Waals surface area contributed by atoms with Crippen LogP contribution in [0.3, 0.4) is 0 Å². The molecule has 2 unspecified atom stereocenters. The molecular formula is C19H18N2O3. The minimum atomic E-state index is -0.517. The molecule has 2 aliphatic rings. The first kappa shape index (κ1) is 14.8. The van der Waals surface area contributed by atoms with Crippen LogP contribution < -0.4 is 10.6 Å². The van der Waals surface area contributed by atoms with Gasteiger partial charge in [-0.25, -0.2) is 9.59 Å². The Balaban J connectivity index is 1.38. The van der Waals surface area contributed by atoms with Crippen LogP contribution in [0.4, 0.5) is 11.4 Å². The fourth-order valence-corrected chi connectivity index (χ4v) is 3.30. The number of ether oxygens (including phenoxy) is 1. The van der Waals surface area contributed by atoms with Crippen LogP contribution in [0, 0.1) is 0 Å². The van der Waals surface area contributed by atoms with Crippen molar-refractivity contribution in [2.45, 2.75) is 31.3 Å². The Morgan fingerprint density at radius 3 is 2.17 bits per heavy atom. The Morgan fingerprint density at radius 2 is 1.42 bits per heavy atom. The second-order valence-corrected chi connectivity index (χ2v) is 6.19. The van der Waals surface area contributed by atoms with Crippen molar-refractivity contribution in [2.24, 2.45) is 0 Å². The molecule has 0 aliphatic carbocycles. The van der Waals surface area contributed by atoms with E-state index in [1.807, 2.05) is 48.5 Å². The van der Waals surface area contributed by atoms with Crippen LogP contribution in [0.5, 0.6) is 0 Å². The van der Waals surface area contributed by atoms with Gasteiger partial charge in [0.25, 0.3) is 0 Å². The molecule has 0 bridgehead atoms. The van der Waals surface area contributed by atoms with E-state index in [9.17, 15) is 9.59 Å². The van der Waals surface area contributed by atoms with E-state index in [1.54, 1.807) is 0 Å². The molecule has 24 heavy (non-hydrogen) atoms. The third-order valence-corrected chi connectivity index (χ3v) is 4.59. The van der Waals surface area contributed by atoms with Crippen LogP contribution in [0.1, 0.15) is 17.5 Å². The highest BCUT2D eigenvalue weighted by Crippen LogP contribution is 2.27. The maximum Gasteiger partial charge on any atom is 0.336 e. The van der Waals surface area contributed by atoms with Crippen molar-refractivity contribution < 1.29 is 14.3 Å². The summed E-state index contributed by atoms with van der Waals surface area (Å²) in [6, 6.07) is 14.6. The lowest BCUT2D eigenvalue weighted by Crippen LogP contribution is -2.39. The Kier molecular flexibility index (Phi) is 3.69. The van der Waals surface area contributed by atoms with E-state index in [0.29, 0.717) is 12.8 Å². The van der Waals surface area contributed by atoms with Crippen LogP contribution in [0.25, 0.3) is 0 Å². The average Bonchev–Trinajstić information content (AvgIpc) is 3.05. The van der Waals surface area contributed by atoms with Gasteiger partial charge in [0.2, 0.25) is 0 Å². The molecular weight excluding hydrogens is 304 g/mol. The standard InChI is InChI=1S/C19H18N2O3/c22-18(16-10-9-12-5-1-3-7-14(12)20-16)24-19(23)17-11-13-6-2-4-8-15(13)21-17/h1-8,16-17,20-21H,9-11H2. The number of nitrogens with one attached hydrogen (secondary N) is 2. The van der Waals surface area contributed by atoms with Crippen LogP contribution in [0.2, 0.25) is 0 Å². The molecule has 122 valence electrons. The number of para-hydroxylation sites is 2. The number of benzene rings is 2. The number of aryl methyl sites for hydroxylation is 1. The minimum absolute atomic E-state index is 0.479. The molecule has 5 heteroatoms. The van der Waals surface area contributed by atoms with Crippen molar-refractivity contribution in [3.05, 3.63) is 59.7 Å². The summed E-state index contributed by atoms with van der Waals surface area (Å²) in [5.41, 5.74) is 4.11. The van der Waals surface area contributed by atoms with E-state index in [-0.39, 0.29) is 0 Å². The Bertz CT molecular complexity index is 778. The fourth-order valence-electron chi connectivity index (χ4n) is 3.30. The van der Waals surface area contributed by atoms with Gasteiger partial charge in [0, 0.05) is 17.8 Å². The van der Waals surface area contributed by atoms with Gasteiger partial charge < -0.3 is 15.4 Å². The number of hydrogen-bond donors (Lipinski definition) is 2. The van der Waals surface area contributed by atoms with E-state index in [1.165, 1.54) is 5.56 Å². The highest BCUT2D eigenvalue weighted by Gasteiger charge is 2.32. The molecule has 2 atom stereocenters. The van der Waals surface area contributed by atoms with Gasteiger partial charge in [-0.3, -0.25) is 0 Å². The van der Waals surface area contributed by atoms with Gasteiger partial charge >= 0.3 is 11.9 Å². The van der Waals surface area contributed by atoms with Crippen molar-refractivity contribution in [3.63, 3.8) is 0 Å². The summed E-state index contributed by atoms with van der Waals surface area (Å²) in [5.74, 6) is -1.02. The van der Waals surface area contributed by atoms with E-state index >= 15 is 0 Å². The van der Waals surface area contributed by atoms with E-state index in [4.69, 9.17) is 4.74 Å². The summed E-state index contributed by atoms with van der Waals surface area (Å²) in [6.07, 6.45) is 1.97. The van der Waals surface area contributed by atoms with Crippen LogP contribution >= 0.6 is 0 Å². The van der Waals surface area contributed by atoms with Gasteiger partial charge in [0.05, 0.1) is 0 Å². The third-order valence-electron chi connectivity index (χ3n) is 4.59. The number of hydrogen-bond acceptors (Lipinski definition) is 5. The van der Waals surface area contributed by atoms with Crippen molar-refractivity contribution >= 4 is 23.3 Å². The first-order valence-electron chi connectivity index (χ1n) is 8.15. The molecule has 0 spiro atoms. The number of esters is 2. The first-order valence-corrected chi connectivity index (χ1v) is 8.15. The van der Waals surface area contributed by atoms with E-state index < -0.39 is 24.0 Å². The highest BCUT2D eigenvalue weighted by atomic mass is 16.6. The molecule has 0 saturated carbocycles. The predicted molar refractivity (Wildman–Crippen MR) is 90.8 cm³/mol. The fraction of sp³-hybridized carbons (Fsp3) is 0.263. The molecule has 2 aromatic rings. The molecule has 0 fully saturated rings. The SMILES string of the molecule is O=C(OC(=O)C1Cc2ccccc2N1)C1CCc2ccccc2N1. The molecule has 0 amide bonds. The average molecular weight is 322 g/mol. The first-order chi connectivity index (χ1) is 11.7. The number of carbonyl (C=O) groups excluding carboxylic acids is 2. The maximum atomic E-state index is 12.3. The summed E-state index contributed by atoms with van der Waals surface area (Å²) < 4.78 is 5.12. The zero-order valence-corrected chi connectivity index (χ0v) is 13.1. The second kappa shape index (κ2) is 6.00. The molecule has 5 nitrogen and oxygen atoms in total. The molecule has 4 rings (SSSR count). The summed E-state index contributed by atoms with van der Waals surface area (Å²) in [6.45, 7) is 0. The van der Waals surface area contributed by atoms with Crippen molar-refractivity contribution in [1.82, 2.24) is 0 Å². The molecule has 2 N–H and O–H groups in total. The maximum absolute atomic E-state index is 12.3. The number of carbonyl (C=O) groups is 2. The largest absolute Gasteiger partial charge is 0.390 e. The summed E-state index contributed by atoms with van der Waals surface area (Å²) in [4.78, 5) is 24.6. The zero-order chi connectivity index (χ0) is 16.5. The Labute approximate surface area is 140 Å². The smallest absolute Gasteiger partial charge is 0.336 e. The van der Waals surface area contributed by atoms with Gasteiger partial charge in [0.1, 0.15) is 12.1 Å². The molecule has 0 aromatic heterocycles. The normalized spacial score (nSPS) is 21.0. The lowest BCUT2D eigenvalue weighted by atomic mass is 9.98. The molecule has 2 aliphatic heterocycles. The van der Waals surface area contributed by atoms with Crippen LogP contribution in [-0.4, -0.2) is 24.0 Å². The Morgan fingerprint density at radius 1 is 0.833 bits per heavy atom. The number of anilines is 2. The van der Waals surface area contributed by atoms with Crippen molar-refractivity contribution in [1.29, 1.82) is 0 Å². The topological polar surface area (TPSA) is 67.4 Å². The van der Waals surface area contributed by atoms with Gasteiger partial charge in [-0.1, -0.05) is 36.4 Å². The zero-order valence-electron chi connectivity index (χ0n) is 13.1. The summed E-state index contributed by atoms with van der Waals surface area (Å²) >= 11 is 0. The number of fused-ring (bicyclic) bond motifs is 2. The van der Waals surface area contributed by atoms with E-state index in [0.717, 1.165) is 23.4 Å². The number of rotatable bonds is 2.